The number of allylic oxidation sites excluding steroid dienone is 1. The first kappa shape index (κ1) is 24.6. The average molecular weight is 447 g/mol. The van der Waals surface area contributed by atoms with Crippen molar-refractivity contribution in [3.63, 3.8) is 0 Å². The third kappa shape index (κ3) is 4.81. The second-order valence-corrected chi connectivity index (χ2v) is 9.87. The number of methoxy groups -OCH3 is 2. The average Bonchev–Trinajstić information content (AvgIpc) is 3.22. The van der Waals surface area contributed by atoms with Gasteiger partial charge in [-0.25, -0.2) is 0 Å². The van der Waals surface area contributed by atoms with Gasteiger partial charge in [0.15, 0.2) is 17.3 Å². The Hall–Kier alpha value is -2.05. The third-order valence-corrected chi connectivity index (χ3v) is 6.89. The van der Waals surface area contributed by atoms with Gasteiger partial charge in [-0.15, -0.1) is 6.58 Å². The van der Waals surface area contributed by atoms with E-state index in [-0.39, 0.29) is 17.3 Å². The van der Waals surface area contributed by atoms with Crippen molar-refractivity contribution in [3.8, 4) is 11.5 Å². The van der Waals surface area contributed by atoms with Gasteiger partial charge in [0, 0.05) is 23.8 Å². The first-order valence-corrected chi connectivity index (χ1v) is 11.5. The van der Waals surface area contributed by atoms with E-state index in [0.29, 0.717) is 32.0 Å². The smallest absolute Gasteiger partial charge is 0.311 e. The Labute approximate surface area is 192 Å². The Kier molecular flexibility index (Phi) is 7.56. The lowest BCUT2D eigenvalue weighted by Crippen LogP contribution is -2.49. The molecule has 6 nitrogen and oxygen atoms in total. The molecule has 1 spiro atoms. The molecule has 1 saturated heterocycles. The molecule has 1 aromatic carbocycles. The molecular formula is C26H38O6. The maximum absolute atomic E-state index is 12.5. The number of hydrogen-bond acceptors (Lipinski definition) is 6. The monoisotopic (exact) mass is 446 g/mol. The normalized spacial score (nSPS) is 24.8. The summed E-state index contributed by atoms with van der Waals surface area (Å²) in [6.45, 7) is 11.2. The molecule has 0 unspecified atom stereocenters. The summed E-state index contributed by atoms with van der Waals surface area (Å²) in [4.78, 5) is 12.5. The molecule has 1 saturated carbocycles. The summed E-state index contributed by atoms with van der Waals surface area (Å²) >= 11 is 0. The summed E-state index contributed by atoms with van der Waals surface area (Å²) in [5, 5.41) is 0. The van der Waals surface area contributed by atoms with Crippen LogP contribution in [-0.4, -0.2) is 45.8 Å². The Balaban J connectivity index is 2.01. The number of benzene rings is 1. The minimum absolute atomic E-state index is 0.182. The van der Waals surface area contributed by atoms with Crippen molar-refractivity contribution in [1.82, 2.24) is 0 Å². The maximum atomic E-state index is 12.5. The molecule has 2 fully saturated rings. The van der Waals surface area contributed by atoms with Crippen molar-refractivity contribution < 1.29 is 28.5 Å². The second kappa shape index (κ2) is 9.84. The van der Waals surface area contributed by atoms with Crippen LogP contribution < -0.4 is 9.47 Å². The molecule has 6 heteroatoms. The first-order valence-electron chi connectivity index (χ1n) is 11.5. The van der Waals surface area contributed by atoms with Gasteiger partial charge in [0.1, 0.15) is 0 Å². The molecule has 1 aromatic rings. The first-order chi connectivity index (χ1) is 15.2. The fraction of sp³-hybridized carbons (Fsp3) is 0.654. The largest absolute Gasteiger partial charge is 0.493 e. The molecule has 0 bridgehead atoms. The molecule has 3 rings (SSSR count). The van der Waals surface area contributed by atoms with Crippen LogP contribution in [0.1, 0.15) is 58.4 Å². The topological polar surface area (TPSA) is 63.2 Å². The van der Waals surface area contributed by atoms with Crippen LogP contribution in [0.25, 0.3) is 0 Å². The zero-order valence-electron chi connectivity index (χ0n) is 20.2. The van der Waals surface area contributed by atoms with Gasteiger partial charge in [0.25, 0.3) is 0 Å². The van der Waals surface area contributed by atoms with Crippen molar-refractivity contribution in [2.24, 2.45) is 11.3 Å². The predicted octanol–water partition coefficient (Wildman–Crippen LogP) is 5.04. The predicted molar refractivity (Wildman–Crippen MR) is 123 cm³/mol. The standard InChI is InChI=1S/C26H38O6/c1-7-9-19-18-26(31-16-17-32-26)13-12-25(19,14-15-30-23(27)24(2,3)4)20-10-8-11-21(28-5)22(20)29-6/h7-8,10-11,19H,1,9,12-18H2,2-6H3/t19-,25-/m1/s1. The van der Waals surface area contributed by atoms with E-state index in [4.69, 9.17) is 23.7 Å². The summed E-state index contributed by atoms with van der Waals surface area (Å²) in [5.41, 5.74) is 0.238. The summed E-state index contributed by atoms with van der Waals surface area (Å²) in [6.07, 6.45) is 5.78. The van der Waals surface area contributed by atoms with Crippen molar-refractivity contribution in [1.29, 1.82) is 0 Å². The number of ether oxygens (including phenoxy) is 5. The maximum Gasteiger partial charge on any atom is 0.311 e. The third-order valence-electron chi connectivity index (χ3n) is 6.89. The van der Waals surface area contributed by atoms with E-state index < -0.39 is 11.2 Å². The zero-order chi connectivity index (χ0) is 23.4. The van der Waals surface area contributed by atoms with Gasteiger partial charge in [-0.3, -0.25) is 4.79 Å². The molecule has 1 aliphatic carbocycles. The lowest BCUT2D eigenvalue weighted by molar-refractivity contribution is -0.200. The molecule has 0 aromatic heterocycles. The number of para-hydroxylation sites is 1. The highest BCUT2D eigenvalue weighted by atomic mass is 16.7. The van der Waals surface area contributed by atoms with Gasteiger partial charge in [-0.1, -0.05) is 18.2 Å². The second-order valence-electron chi connectivity index (χ2n) is 9.87. The van der Waals surface area contributed by atoms with E-state index in [9.17, 15) is 4.79 Å². The van der Waals surface area contributed by atoms with Gasteiger partial charge < -0.3 is 23.7 Å². The van der Waals surface area contributed by atoms with Crippen molar-refractivity contribution in [3.05, 3.63) is 36.4 Å². The fourth-order valence-electron chi connectivity index (χ4n) is 5.20. The summed E-state index contributed by atoms with van der Waals surface area (Å²) in [6, 6.07) is 6.01. The van der Waals surface area contributed by atoms with Crippen LogP contribution in [0.5, 0.6) is 11.5 Å². The number of carbonyl (C=O) groups excluding carboxylic acids is 1. The highest BCUT2D eigenvalue weighted by Crippen LogP contribution is 2.56. The van der Waals surface area contributed by atoms with Crippen molar-refractivity contribution >= 4 is 5.97 Å². The molecule has 0 N–H and O–H groups in total. The number of esters is 1. The van der Waals surface area contributed by atoms with Crippen LogP contribution >= 0.6 is 0 Å². The zero-order valence-corrected chi connectivity index (χ0v) is 20.2. The van der Waals surface area contributed by atoms with Crippen molar-refractivity contribution in [2.45, 2.75) is 64.1 Å². The summed E-state index contributed by atoms with van der Waals surface area (Å²) in [7, 11) is 3.32. The van der Waals surface area contributed by atoms with Crippen LogP contribution in [0.3, 0.4) is 0 Å². The van der Waals surface area contributed by atoms with Gasteiger partial charge in [-0.2, -0.15) is 0 Å². The molecule has 0 radical (unpaired) electrons. The van der Waals surface area contributed by atoms with Crippen molar-refractivity contribution in [2.75, 3.05) is 34.0 Å². The molecule has 0 amide bonds. The summed E-state index contributed by atoms with van der Waals surface area (Å²) in [5.74, 6) is 0.879. The number of rotatable bonds is 8. The lowest BCUT2D eigenvalue weighted by Gasteiger charge is -2.50. The van der Waals surface area contributed by atoms with Gasteiger partial charge in [0.2, 0.25) is 0 Å². The Morgan fingerprint density at radius 3 is 2.50 bits per heavy atom. The van der Waals surface area contributed by atoms with Crippen LogP contribution in [-0.2, 0) is 24.4 Å². The SMILES string of the molecule is C=CC[C@@H]1CC2(CC[C@]1(CCOC(=O)C(C)(C)C)c1cccc(OC)c1OC)OCCO2. The Morgan fingerprint density at radius 1 is 1.19 bits per heavy atom. The van der Waals surface area contributed by atoms with Gasteiger partial charge in [0.05, 0.1) is 39.5 Å². The Morgan fingerprint density at radius 2 is 1.91 bits per heavy atom. The van der Waals surface area contributed by atoms with E-state index in [1.807, 2.05) is 39.0 Å². The molecule has 178 valence electrons. The minimum atomic E-state index is -0.538. The number of carbonyl (C=O) groups is 1. The van der Waals surface area contributed by atoms with E-state index >= 15 is 0 Å². The molecule has 1 heterocycles. The lowest BCUT2D eigenvalue weighted by atomic mass is 9.58. The van der Waals surface area contributed by atoms with Gasteiger partial charge >= 0.3 is 5.97 Å². The van der Waals surface area contributed by atoms with Crippen LogP contribution in [0, 0.1) is 11.3 Å². The highest BCUT2D eigenvalue weighted by molar-refractivity contribution is 5.75. The molecule has 1 aliphatic heterocycles. The summed E-state index contributed by atoms with van der Waals surface area (Å²) < 4.78 is 29.3. The highest BCUT2D eigenvalue weighted by Gasteiger charge is 2.53. The molecule has 2 aliphatic rings. The van der Waals surface area contributed by atoms with Crippen LogP contribution in [0.15, 0.2) is 30.9 Å². The fourth-order valence-corrected chi connectivity index (χ4v) is 5.20. The van der Waals surface area contributed by atoms with Gasteiger partial charge in [-0.05, 0) is 52.0 Å². The van der Waals surface area contributed by atoms with E-state index in [1.165, 1.54) is 0 Å². The van der Waals surface area contributed by atoms with E-state index in [2.05, 4.69) is 12.6 Å². The van der Waals surface area contributed by atoms with Crippen LogP contribution in [0.4, 0.5) is 0 Å². The molecule has 32 heavy (non-hydrogen) atoms. The van der Waals surface area contributed by atoms with Crippen LogP contribution in [0.2, 0.25) is 0 Å². The van der Waals surface area contributed by atoms with E-state index in [1.54, 1.807) is 14.2 Å². The molecular weight excluding hydrogens is 408 g/mol. The Bertz CT molecular complexity index is 805. The number of hydrogen-bond donors (Lipinski definition) is 0. The molecule has 2 atom stereocenters. The minimum Gasteiger partial charge on any atom is -0.493 e. The quantitative estimate of drug-likeness (QED) is 0.412. The van der Waals surface area contributed by atoms with E-state index in [0.717, 1.165) is 37.0 Å².